The van der Waals surface area contributed by atoms with Gasteiger partial charge in [0.2, 0.25) is 0 Å². The van der Waals surface area contributed by atoms with Crippen molar-refractivity contribution in [1.29, 1.82) is 0 Å². The van der Waals surface area contributed by atoms with Crippen LogP contribution in [0.2, 0.25) is 0 Å². The number of hydrogen-bond acceptors (Lipinski definition) is 3. The van der Waals surface area contributed by atoms with Gasteiger partial charge in [-0.25, -0.2) is 0 Å². The first-order chi connectivity index (χ1) is 7.61. The molecule has 3 nitrogen and oxygen atoms in total. The van der Waals surface area contributed by atoms with E-state index in [1.165, 1.54) is 0 Å². The van der Waals surface area contributed by atoms with Gasteiger partial charge in [-0.05, 0) is 24.5 Å². The molecule has 1 rings (SSSR count). The minimum absolute atomic E-state index is 0.543. The summed E-state index contributed by atoms with van der Waals surface area (Å²) in [5.41, 5.74) is 7.56. The summed E-state index contributed by atoms with van der Waals surface area (Å²) < 4.78 is 11.0. The first kappa shape index (κ1) is 12.8. The van der Waals surface area contributed by atoms with E-state index in [2.05, 4.69) is 13.8 Å². The second-order valence-corrected chi connectivity index (χ2v) is 4.31. The molecule has 0 aliphatic carbocycles. The van der Waals surface area contributed by atoms with E-state index >= 15 is 0 Å². The molecule has 0 spiro atoms. The van der Waals surface area contributed by atoms with Crippen LogP contribution in [0.5, 0.6) is 5.75 Å². The van der Waals surface area contributed by atoms with E-state index in [4.69, 9.17) is 15.2 Å². The molecule has 3 heteroatoms. The number of aryl methyl sites for hydroxylation is 1. The molecule has 0 bridgehead atoms. The van der Waals surface area contributed by atoms with Gasteiger partial charge in [0.1, 0.15) is 12.4 Å². The molecule has 16 heavy (non-hydrogen) atoms. The predicted octanol–water partition coefficient (Wildman–Crippen LogP) is 2.63. The Hall–Kier alpha value is -1.22. The highest BCUT2D eigenvalue weighted by molar-refractivity contribution is 5.56. The summed E-state index contributed by atoms with van der Waals surface area (Å²) in [5.74, 6) is 1.33. The molecule has 0 saturated heterocycles. The molecule has 0 amide bonds. The Morgan fingerprint density at radius 1 is 1.25 bits per heavy atom. The Morgan fingerprint density at radius 3 is 2.62 bits per heavy atom. The van der Waals surface area contributed by atoms with Crippen LogP contribution in [-0.2, 0) is 4.74 Å². The highest BCUT2D eigenvalue weighted by atomic mass is 16.5. The lowest BCUT2D eigenvalue weighted by molar-refractivity contribution is 0.0819. The SMILES string of the molecule is Cc1cccc(N)c1OCCOCC(C)C. The average molecular weight is 223 g/mol. The van der Waals surface area contributed by atoms with E-state index in [-0.39, 0.29) is 0 Å². The number of nitrogen functional groups attached to an aromatic ring is 1. The van der Waals surface area contributed by atoms with Crippen molar-refractivity contribution in [2.24, 2.45) is 5.92 Å². The molecule has 0 fully saturated rings. The van der Waals surface area contributed by atoms with Gasteiger partial charge in [-0.15, -0.1) is 0 Å². The van der Waals surface area contributed by atoms with Crippen LogP contribution in [-0.4, -0.2) is 19.8 Å². The monoisotopic (exact) mass is 223 g/mol. The van der Waals surface area contributed by atoms with Gasteiger partial charge in [0.15, 0.2) is 0 Å². The largest absolute Gasteiger partial charge is 0.489 e. The van der Waals surface area contributed by atoms with Crippen LogP contribution in [0.3, 0.4) is 0 Å². The zero-order valence-electron chi connectivity index (χ0n) is 10.3. The Labute approximate surface area is 97.6 Å². The Balaban J connectivity index is 2.32. The number of benzene rings is 1. The number of ether oxygens (including phenoxy) is 2. The number of rotatable bonds is 6. The summed E-state index contributed by atoms with van der Waals surface area (Å²) in [5, 5.41) is 0. The minimum atomic E-state index is 0.543. The zero-order valence-corrected chi connectivity index (χ0v) is 10.3. The number of nitrogens with two attached hydrogens (primary N) is 1. The van der Waals surface area contributed by atoms with Gasteiger partial charge in [0.05, 0.1) is 12.3 Å². The lowest BCUT2D eigenvalue weighted by atomic mass is 10.2. The fourth-order valence-corrected chi connectivity index (χ4v) is 1.39. The highest BCUT2D eigenvalue weighted by Gasteiger charge is 2.03. The van der Waals surface area contributed by atoms with Gasteiger partial charge in [-0.2, -0.15) is 0 Å². The van der Waals surface area contributed by atoms with Crippen molar-refractivity contribution in [3.05, 3.63) is 23.8 Å². The van der Waals surface area contributed by atoms with Gasteiger partial charge in [0.25, 0.3) is 0 Å². The second kappa shape index (κ2) is 6.38. The van der Waals surface area contributed by atoms with Crippen LogP contribution in [0.15, 0.2) is 18.2 Å². The summed E-state index contributed by atoms with van der Waals surface area (Å²) in [7, 11) is 0. The minimum Gasteiger partial charge on any atom is -0.489 e. The van der Waals surface area contributed by atoms with Crippen LogP contribution < -0.4 is 10.5 Å². The second-order valence-electron chi connectivity index (χ2n) is 4.31. The van der Waals surface area contributed by atoms with Crippen molar-refractivity contribution in [2.45, 2.75) is 20.8 Å². The fraction of sp³-hybridized carbons (Fsp3) is 0.538. The standard InChI is InChI=1S/C13H21NO2/c1-10(2)9-15-7-8-16-13-11(3)5-4-6-12(13)14/h4-6,10H,7-9,14H2,1-3H3. The van der Waals surface area contributed by atoms with Gasteiger partial charge in [-0.1, -0.05) is 26.0 Å². The Morgan fingerprint density at radius 2 is 2.00 bits per heavy atom. The van der Waals surface area contributed by atoms with Crippen molar-refractivity contribution in [3.63, 3.8) is 0 Å². The maximum absolute atomic E-state index is 5.82. The van der Waals surface area contributed by atoms with Crippen LogP contribution in [0.4, 0.5) is 5.69 Å². The summed E-state index contributed by atoms with van der Waals surface area (Å²) >= 11 is 0. The molecule has 0 atom stereocenters. The zero-order chi connectivity index (χ0) is 12.0. The number of hydrogen-bond donors (Lipinski definition) is 1. The molecule has 0 unspecified atom stereocenters. The quantitative estimate of drug-likeness (QED) is 0.595. The molecule has 0 aliphatic rings. The molecule has 0 saturated carbocycles. The third kappa shape index (κ3) is 4.11. The topological polar surface area (TPSA) is 44.5 Å². The van der Waals surface area contributed by atoms with E-state index in [1.54, 1.807) is 0 Å². The van der Waals surface area contributed by atoms with Crippen molar-refractivity contribution in [1.82, 2.24) is 0 Å². The van der Waals surface area contributed by atoms with Crippen molar-refractivity contribution in [2.75, 3.05) is 25.6 Å². The molecule has 0 aromatic heterocycles. The highest BCUT2D eigenvalue weighted by Crippen LogP contribution is 2.25. The molecule has 0 radical (unpaired) electrons. The summed E-state index contributed by atoms with van der Waals surface area (Å²) in [6.07, 6.45) is 0. The number of para-hydroxylation sites is 1. The van der Waals surface area contributed by atoms with E-state index in [0.717, 1.165) is 17.9 Å². The summed E-state index contributed by atoms with van der Waals surface area (Å²) in [6, 6.07) is 5.75. The number of anilines is 1. The van der Waals surface area contributed by atoms with Gasteiger partial charge in [-0.3, -0.25) is 0 Å². The van der Waals surface area contributed by atoms with E-state index in [9.17, 15) is 0 Å². The molecule has 90 valence electrons. The Kier molecular flexibility index (Phi) is 5.12. The van der Waals surface area contributed by atoms with E-state index in [0.29, 0.717) is 24.8 Å². The van der Waals surface area contributed by atoms with Crippen molar-refractivity contribution >= 4 is 5.69 Å². The predicted molar refractivity (Wildman–Crippen MR) is 66.7 cm³/mol. The first-order valence-corrected chi connectivity index (χ1v) is 5.67. The normalized spacial score (nSPS) is 10.8. The summed E-state index contributed by atoms with van der Waals surface area (Å²) in [6.45, 7) is 8.15. The molecule has 1 aromatic carbocycles. The van der Waals surface area contributed by atoms with Gasteiger partial charge >= 0.3 is 0 Å². The Bertz CT molecular complexity index is 303. The summed E-state index contributed by atoms with van der Waals surface area (Å²) in [4.78, 5) is 0. The van der Waals surface area contributed by atoms with Crippen LogP contribution >= 0.6 is 0 Å². The molecular weight excluding hydrogens is 202 g/mol. The van der Waals surface area contributed by atoms with Crippen LogP contribution in [0.1, 0.15) is 19.4 Å². The molecule has 1 aromatic rings. The maximum atomic E-state index is 5.82. The maximum Gasteiger partial charge on any atom is 0.145 e. The van der Waals surface area contributed by atoms with Crippen LogP contribution in [0, 0.1) is 12.8 Å². The third-order valence-corrected chi connectivity index (χ3v) is 2.17. The fourth-order valence-electron chi connectivity index (χ4n) is 1.39. The first-order valence-electron chi connectivity index (χ1n) is 5.67. The molecule has 0 aliphatic heterocycles. The van der Waals surface area contributed by atoms with E-state index in [1.807, 2.05) is 25.1 Å². The lowest BCUT2D eigenvalue weighted by Gasteiger charge is -2.12. The molecular formula is C13H21NO2. The van der Waals surface area contributed by atoms with E-state index < -0.39 is 0 Å². The van der Waals surface area contributed by atoms with Gasteiger partial charge in [0, 0.05) is 6.61 Å². The van der Waals surface area contributed by atoms with Crippen molar-refractivity contribution in [3.8, 4) is 5.75 Å². The lowest BCUT2D eigenvalue weighted by Crippen LogP contribution is -2.11. The third-order valence-electron chi connectivity index (χ3n) is 2.17. The average Bonchev–Trinajstić information content (AvgIpc) is 2.21. The van der Waals surface area contributed by atoms with Crippen molar-refractivity contribution < 1.29 is 9.47 Å². The van der Waals surface area contributed by atoms with Crippen LogP contribution in [0.25, 0.3) is 0 Å². The molecule has 2 N–H and O–H groups in total. The smallest absolute Gasteiger partial charge is 0.145 e. The molecule has 0 heterocycles. The van der Waals surface area contributed by atoms with Gasteiger partial charge < -0.3 is 15.2 Å².